The Hall–Kier alpha value is -1.30. The highest BCUT2D eigenvalue weighted by molar-refractivity contribution is 7.89. The predicted octanol–water partition coefficient (Wildman–Crippen LogP) is 3.31. The predicted molar refractivity (Wildman–Crippen MR) is 83.9 cm³/mol. The second-order valence-electron chi connectivity index (χ2n) is 4.69. The molecule has 1 atom stereocenters. The summed E-state index contributed by atoms with van der Waals surface area (Å²) >= 11 is 5.58. The Morgan fingerprint density at radius 2 is 1.86 bits per heavy atom. The van der Waals surface area contributed by atoms with Crippen molar-refractivity contribution in [3.8, 4) is 0 Å². The minimum absolute atomic E-state index is 0.0593. The van der Waals surface area contributed by atoms with Gasteiger partial charge in [-0.15, -0.1) is 11.6 Å². The van der Waals surface area contributed by atoms with Crippen LogP contribution in [0.25, 0.3) is 0 Å². The second kappa shape index (κ2) is 7.64. The molecule has 1 aromatic heterocycles. The molecule has 0 aliphatic carbocycles. The zero-order chi connectivity index (χ0) is 15.1. The number of rotatable bonds is 8. The van der Waals surface area contributed by atoms with E-state index < -0.39 is 16.1 Å². The number of benzene rings is 1. The number of halogens is 1. The van der Waals surface area contributed by atoms with E-state index in [1.807, 2.05) is 30.3 Å². The van der Waals surface area contributed by atoms with Crippen LogP contribution in [0.3, 0.4) is 0 Å². The van der Waals surface area contributed by atoms with Crippen LogP contribution >= 0.6 is 11.6 Å². The number of furan rings is 1. The first-order valence-corrected chi connectivity index (χ1v) is 8.95. The maximum Gasteiger partial charge on any atom is 0.212 e. The molecule has 0 saturated carbocycles. The first kappa shape index (κ1) is 16.1. The SMILES string of the molecule is O=S(=O)(CCCCCl)NC(c1ccccc1)c1ccco1. The summed E-state index contributed by atoms with van der Waals surface area (Å²) in [7, 11) is -3.40. The molecule has 114 valence electrons. The molecular formula is C15H18ClNO3S. The van der Waals surface area contributed by atoms with Gasteiger partial charge in [-0.1, -0.05) is 30.3 Å². The van der Waals surface area contributed by atoms with Crippen LogP contribution < -0.4 is 4.72 Å². The van der Waals surface area contributed by atoms with Crippen molar-refractivity contribution in [2.45, 2.75) is 18.9 Å². The third-order valence-corrected chi connectivity index (χ3v) is 4.74. The zero-order valence-corrected chi connectivity index (χ0v) is 13.1. The summed E-state index contributed by atoms with van der Waals surface area (Å²) in [5.74, 6) is 1.10. The highest BCUT2D eigenvalue weighted by Gasteiger charge is 2.22. The van der Waals surface area contributed by atoms with Gasteiger partial charge in [0, 0.05) is 5.88 Å². The monoisotopic (exact) mass is 327 g/mol. The third kappa shape index (κ3) is 4.88. The van der Waals surface area contributed by atoms with E-state index in [0.29, 0.717) is 24.5 Å². The van der Waals surface area contributed by atoms with E-state index in [9.17, 15) is 8.42 Å². The number of hydrogen-bond acceptors (Lipinski definition) is 3. The molecule has 6 heteroatoms. The fourth-order valence-electron chi connectivity index (χ4n) is 2.02. The minimum atomic E-state index is -3.40. The van der Waals surface area contributed by atoms with Crippen LogP contribution in [-0.4, -0.2) is 20.1 Å². The van der Waals surface area contributed by atoms with E-state index in [-0.39, 0.29) is 5.75 Å². The van der Waals surface area contributed by atoms with Crippen LogP contribution in [0.15, 0.2) is 53.1 Å². The number of nitrogens with one attached hydrogen (secondary N) is 1. The van der Waals surface area contributed by atoms with Gasteiger partial charge in [0.25, 0.3) is 0 Å². The summed E-state index contributed by atoms with van der Waals surface area (Å²) in [5, 5.41) is 0. The molecule has 0 aliphatic heterocycles. The van der Waals surface area contributed by atoms with Crippen LogP contribution in [-0.2, 0) is 10.0 Å². The van der Waals surface area contributed by atoms with Crippen LogP contribution in [0.2, 0.25) is 0 Å². The molecule has 0 bridgehead atoms. The molecule has 1 aromatic carbocycles. The van der Waals surface area contributed by atoms with Crippen molar-refractivity contribution < 1.29 is 12.8 Å². The Morgan fingerprint density at radius 1 is 1.10 bits per heavy atom. The maximum atomic E-state index is 12.2. The van der Waals surface area contributed by atoms with Crippen molar-refractivity contribution >= 4 is 21.6 Å². The number of hydrogen-bond donors (Lipinski definition) is 1. The summed E-state index contributed by atoms with van der Waals surface area (Å²) in [4.78, 5) is 0. The standard InChI is InChI=1S/C15H18ClNO3S/c16-10-4-5-12-21(18,19)17-15(14-9-6-11-20-14)13-7-2-1-3-8-13/h1-3,6-9,11,15,17H,4-5,10,12H2. The van der Waals surface area contributed by atoms with Gasteiger partial charge in [0.05, 0.1) is 12.0 Å². The van der Waals surface area contributed by atoms with Crippen molar-refractivity contribution in [1.82, 2.24) is 4.72 Å². The van der Waals surface area contributed by atoms with Crippen molar-refractivity contribution in [3.63, 3.8) is 0 Å². The Morgan fingerprint density at radius 3 is 2.48 bits per heavy atom. The lowest BCUT2D eigenvalue weighted by Crippen LogP contribution is -2.31. The molecule has 0 aliphatic rings. The molecule has 1 unspecified atom stereocenters. The van der Waals surface area contributed by atoms with E-state index in [1.165, 1.54) is 6.26 Å². The van der Waals surface area contributed by atoms with Gasteiger partial charge in [0.2, 0.25) is 10.0 Å². The molecule has 0 radical (unpaired) electrons. The van der Waals surface area contributed by atoms with Gasteiger partial charge in [-0.3, -0.25) is 0 Å². The van der Waals surface area contributed by atoms with Gasteiger partial charge in [-0.05, 0) is 30.5 Å². The van der Waals surface area contributed by atoms with Gasteiger partial charge in [-0.25, -0.2) is 13.1 Å². The highest BCUT2D eigenvalue weighted by Crippen LogP contribution is 2.23. The van der Waals surface area contributed by atoms with Gasteiger partial charge in [-0.2, -0.15) is 0 Å². The van der Waals surface area contributed by atoms with Crippen molar-refractivity contribution in [2.24, 2.45) is 0 Å². The summed E-state index contributed by atoms with van der Waals surface area (Å²) in [6.45, 7) is 0. The molecular weight excluding hydrogens is 310 g/mol. The van der Waals surface area contributed by atoms with Crippen LogP contribution in [0, 0.1) is 0 Å². The molecule has 21 heavy (non-hydrogen) atoms. The molecule has 0 fully saturated rings. The molecule has 0 saturated heterocycles. The summed E-state index contributed by atoms with van der Waals surface area (Å²) in [6, 6.07) is 12.4. The van der Waals surface area contributed by atoms with Crippen LogP contribution in [0.4, 0.5) is 0 Å². The zero-order valence-electron chi connectivity index (χ0n) is 11.5. The smallest absolute Gasteiger partial charge is 0.212 e. The molecule has 4 nitrogen and oxygen atoms in total. The summed E-state index contributed by atoms with van der Waals surface area (Å²) in [5.41, 5.74) is 0.841. The van der Waals surface area contributed by atoms with Crippen LogP contribution in [0.5, 0.6) is 0 Å². The quantitative estimate of drug-likeness (QED) is 0.597. The highest BCUT2D eigenvalue weighted by atomic mass is 35.5. The Bertz CT molecular complexity index is 626. The maximum absolute atomic E-state index is 12.2. The Kier molecular flexibility index (Phi) is 5.85. The van der Waals surface area contributed by atoms with Gasteiger partial charge in [0.1, 0.15) is 11.8 Å². The normalized spacial score (nSPS) is 13.2. The molecule has 1 heterocycles. The Labute approximate surface area is 130 Å². The van der Waals surface area contributed by atoms with Gasteiger partial charge < -0.3 is 4.42 Å². The van der Waals surface area contributed by atoms with Crippen molar-refractivity contribution in [2.75, 3.05) is 11.6 Å². The molecule has 0 amide bonds. The second-order valence-corrected chi connectivity index (χ2v) is 6.94. The molecule has 2 rings (SSSR count). The number of alkyl halides is 1. The first-order valence-electron chi connectivity index (χ1n) is 6.77. The van der Waals surface area contributed by atoms with E-state index in [0.717, 1.165) is 5.56 Å². The van der Waals surface area contributed by atoms with Crippen molar-refractivity contribution in [3.05, 3.63) is 60.1 Å². The van der Waals surface area contributed by atoms with E-state index >= 15 is 0 Å². The van der Waals surface area contributed by atoms with Gasteiger partial charge in [0.15, 0.2) is 0 Å². The third-order valence-electron chi connectivity index (χ3n) is 3.05. The fourth-order valence-corrected chi connectivity index (χ4v) is 3.52. The topological polar surface area (TPSA) is 59.3 Å². The average Bonchev–Trinajstić information content (AvgIpc) is 3.00. The van der Waals surface area contributed by atoms with E-state index in [2.05, 4.69) is 4.72 Å². The van der Waals surface area contributed by atoms with Gasteiger partial charge >= 0.3 is 0 Å². The van der Waals surface area contributed by atoms with Crippen LogP contribution in [0.1, 0.15) is 30.2 Å². The lowest BCUT2D eigenvalue weighted by molar-refractivity contribution is 0.471. The molecule has 0 spiro atoms. The average molecular weight is 328 g/mol. The largest absolute Gasteiger partial charge is 0.467 e. The first-order chi connectivity index (χ1) is 10.1. The fraction of sp³-hybridized carbons (Fsp3) is 0.333. The van der Waals surface area contributed by atoms with Crippen molar-refractivity contribution in [1.29, 1.82) is 0 Å². The number of unbranched alkanes of at least 4 members (excludes halogenated alkanes) is 1. The minimum Gasteiger partial charge on any atom is -0.467 e. The van der Waals surface area contributed by atoms with E-state index in [4.69, 9.17) is 16.0 Å². The lowest BCUT2D eigenvalue weighted by atomic mass is 10.1. The lowest BCUT2D eigenvalue weighted by Gasteiger charge is -2.17. The molecule has 2 aromatic rings. The Balaban J connectivity index is 2.18. The number of sulfonamides is 1. The summed E-state index contributed by atoms with van der Waals surface area (Å²) in [6.07, 6.45) is 2.75. The molecule has 1 N–H and O–H groups in total. The van der Waals surface area contributed by atoms with E-state index in [1.54, 1.807) is 12.1 Å². The summed E-state index contributed by atoms with van der Waals surface area (Å²) < 4.78 is 32.5.